The maximum Gasteiger partial charge on any atom is 0.335 e. The van der Waals surface area contributed by atoms with Gasteiger partial charge in [0.1, 0.15) is 12.4 Å². The van der Waals surface area contributed by atoms with Crippen molar-refractivity contribution in [2.75, 3.05) is 40.1 Å². The molecule has 0 bridgehead atoms. The number of hydrogen-bond acceptors (Lipinski definition) is 6. The summed E-state index contributed by atoms with van der Waals surface area (Å²) in [6.45, 7) is 6.63. The van der Waals surface area contributed by atoms with E-state index in [0.717, 1.165) is 24.2 Å². The zero-order valence-electron chi connectivity index (χ0n) is 16.4. The second-order valence-electron chi connectivity index (χ2n) is 5.52. The number of nitrogens with one attached hydrogen (secondary N) is 2. The lowest BCUT2D eigenvalue weighted by Gasteiger charge is -2.16. The van der Waals surface area contributed by atoms with E-state index in [9.17, 15) is 4.79 Å². The van der Waals surface area contributed by atoms with Gasteiger partial charge in [0, 0.05) is 33.3 Å². The minimum atomic E-state index is -0.352. The monoisotopic (exact) mass is 381 g/mol. The maximum absolute atomic E-state index is 11.7. The van der Waals surface area contributed by atoms with Crippen LogP contribution in [-0.2, 0) is 14.2 Å². The molecule has 1 aromatic carbocycles. The predicted octanol–water partition coefficient (Wildman–Crippen LogP) is 2.52. The van der Waals surface area contributed by atoms with E-state index in [-0.39, 0.29) is 12.3 Å². The normalized spacial score (nSPS) is 11.1. The predicted molar refractivity (Wildman–Crippen MR) is 104 cm³/mol. The van der Waals surface area contributed by atoms with Crippen LogP contribution >= 0.6 is 0 Å². The van der Waals surface area contributed by atoms with Crippen LogP contribution in [0.15, 0.2) is 29.4 Å². The van der Waals surface area contributed by atoms with Crippen LogP contribution in [0, 0.1) is 0 Å². The van der Waals surface area contributed by atoms with Crippen molar-refractivity contribution in [3.05, 3.63) is 29.8 Å². The Morgan fingerprint density at radius 3 is 2.48 bits per heavy atom. The highest BCUT2D eigenvalue weighted by Gasteiger charge is 2.07. The third kappa shape index (κ3) is 11.2. The molecule has 27 heavy (non-hydrogen) atoms. The van der Waals surface area contributed by atoms with E-state index in [4.69, 9.17) is 18.9 Å². The number of rotatable bonds is 14. The summed E-state index contributed by atoms with van der Waals surface area (Å²) < 4.78 is 21.3. The first kappa shape index (κ1) is 22.9. The molecule has 0 aliphatic carbocycles. The summed E-state index contributed by atoms with van der Waals surface area (Å²) in [7, 11) is 1.63. The average Bonchev–Trinajstić information content (AvgIpc) is 2.67. The highest BCUT2D eigenvalue weighted by Crippen LogP contribution is 2.10. The number of urea groups is 1. The third-order valence-electron chi connectivity index (χ3n) is 3.42. The van der Waals surface area contributed by atoms with Crippen LogP contribution in [0.5, 0.6) is 5.75 Å². The molecule has 0 aliphatic heterocycles. The van der Waals surface area contributed by atoms with E-state index in [2.05, 4.69) is 15.8 Å². The molecule has 8 heteroatoms. The zero-order chi connectivity index (χ0) is 19.7. The molecule has 0 spiro atoms. The van der Waals surface area contributed by atoms with Crippen LogP contribution < -0.4 is 15.5 Å². The number of amides is 2. The third-order valence-corrected chi connectivity index (χ3v) is 3.42. The minimum Gasteiger partial charge on any atom is -0.491 e. The Labute approximate surface area is 161 Å². The highest BCUT2D eigenvalue weighted by molar-refractivity contribution is 5.81. The second kappa shape index (κ2) is 15.0. The Balaban J connectivity index is 2.21. The molecule has 0 radical (unpaired) electrons. The van der Waals surface area contributed by atoms with E-state index in [1.165, 1.54) is 0 Å². The first-order valence-corrected chi connectivity index (χ1v) is 9.21. The SMILES string of the molecule is CCOC(CCCNC(=O)N/N=C/c1ccc(OCCOC)cc1)OCC. The number of carbonyl (C=O) groups excluding carboxylic acids is 1. The lowest BCUT2D eigenvalue weighted by molar-refractivity contribution is -0.139. The van der Waals surface area contributed by atoms with Crippen molar-refractivity contribution in [3.8, 4) is 5.75 Å². The molecule has 0 saturated heterocycles. The van der Waals surface area contributed by atoms with Crippen LogP contribution in [0.1, 0.15) is 32.3 Å². The van der Waals surface area contributed by atoms with Crippen molar-refractivity contribution < 1.29 is 23.7 Å². The van der Waals surface area contributed by atoms with Crippen molar-refractivity contribution in [2.45, 2.75) is 33.0 Å². The number of methoxy groups -OCH3 is 1. The Morgan fingerprint density at radius 2 is 1.85 bits per heavy atom. The van der Waals surface area contributed by atoms with Crippen molar-refractivity contribution in [3.63, 3.8) is 0 Å². The summed E-state index contributed by atoms with van der Waals surface area (Å²) in [4.78, 5) is 11.7. The molecule has 0 atom stereocenters. The van der Waals surface area contributed by atoms with Gasteiger partial charge in [-0.15, -0.1) is 0 Å². The van der Waals surface area contributed by atoms with E-state index in [1.54, 1.807) is 13.3 Å². The molecule has 0 aromatic heterocycles. The average molecular weight is 381 g/mol. The fourth-order valence-corrected chi connectivity index (χ4v) is 2.16. The molecule has 2 N–H and O–H groups in total. The Hall–Kier alpha value is -2.16. The number of nitrogens with zero attached hydrogens (tertiary/aromatic N) is 1. The fourth-order valence-electron chi connectivity index (χ4n) is 2.16. The molecular weight excluding hydrogens is 350 g/mol. The van der Waals surface area contributed by atoms with Gasteiger partial charge in [0.25, 0.3) is 0 Å². The van der Waals surface area contributed by atoms with Gasteiger partial charge in [-0.05, 0) is 50.1 Å². The molecule has 0 heterocycles. The topological polar surface area (TPSA) is 90.4 Å². The van der Waals surface area contributed by atoms with Crippen LogP contribution in [0.3, 0.4) is 0 Å². The minimum absolute atomic E-state index is 0.218. The number of hydrazone groups is 1. The van der Waals surface area contributed by atoms with Gasteiger partial charge in [0.15, 0.2) is 6.29 Å². The van der Waals surface area contributed by atoms with Gasteiger partial charge in [-0.25, -0.2) is 10.2 Å². The standard InChI is InChI=1S/C19H31N3O5/c1-4-25-18(26-5-2)7-6-12-20-19(23)22-21-15-16-8-10-17(11-9-16)27-14-13-24-3/h8-11,15,18H,4-7,12-14H2,1-3H3,(H2,20,22,23)/b21-15+. The van der Waals surface area contributed by atoms with E-state index >= 15 is 0 Å². The summed E-state index contributed by atoms with van der Waals surface area (Å²) in [6.07, 6.45) is 2.83. The Morgan fingerprint density at radius 1 is 1.15 bits per heavy atom. The highest BCUT2D eigenvalue weighted by atomic mass is 16.7. The van der Waals surface area contributed by atoms with Gasteiger partial charge in [0.2, 0.25) is 0 Å². The Kier molecular flexibility index (Phi) is 12.7. The summed E-state index contributed by atoms with van der Waals surface area (Å²) in [6, 6.07) is 7.03. The van der Waals surface area contributed by atoms with E-state index < -0.39 is 0 Å². The van der Waals surface area contributed by atoms with Gasteiger partial charge in [0.05, 0.1) is 12.8 Å². The summed E-state index contributed by atoms with van der Waals surface area (Å²) in [5, 5.41) is 6.66. The van der Waals surface area contributed by atoms with Gasteiger partial charge in [-0.2, -0.15) is 5.10 Å². The number of benzene rings is 1. The zero-order valence-corrected chi connectivity index (χ0v) is 16.4. The molecular formula is C19H31N3O5. The quantitative estimate of drug-likeness (QED) is 0.224. The molecule has 8 nitrogen and oxygen atoms in total. The summed E-state index contributed by atoms with van der Waals surface area (Å²) in [5.41, 5.74) is 3.29. The van der Waals surface area contributed by atoms with Gasteiger partial charge in [-0.1, -0.05) is 0 Å². The lowest BCUT2D eigenvalue weighted by atomic mass is 10.2. The molecule has 1 aromatic rings. The maximum atomic E-state index is 11.7. The molecule has 1 rings (SSSR count). The van der Waals surface area contributed by atoms with Crippen LogP contribution in [-0.4, -0.2) is 58.6 Å². The van der Waals surface area contributed by atoms with Gasteiger partial charge in [-0.3, -0.25) is 0 Å². The van der Waals surface area contributed by atoms with E-state index in [0.29, 0.717) is 33.0 Å². The number of hydrogen-bond donors (Lipinski definition) is 2. The van der Waals surface area contributed by atoms with Crippen LogP contribution in [0.2, 0.25) is 0 Å². The molecule has 152 valence electrons. The Bertz CT molecular complexity index is 531. The molecule has 0 saturated carbocycles. The van der Waals surface area contributed by atoms with Crippen LogP contribution in [0.4, 0.5) is 4.79 Å². The van der Waals surface area contributed by atoms with Crippen molar-refractivity contribution in [1.29, 1.82) is 0 Å². The lowest BCUT2D eigenvalue weighted by Crippen LogP contribution is -2.33. The van der Waals surface area contributed by atoms with Gasteiger partial charge >= 0.3 is 6.03 Å². The first-order chi connectivity index (χ1) is 13.2. The first-order valence-electron chi connectivity index (χ1n) is 9.21. The second-order valence-corrected chi connectivity index (χ2v) is 5.52. The summed E-state index contributed by atoms with van der Waals surface area (Å²) >= 11 is 0. The largest absolute Gasteiger partial charge is 0.491 e. The summed E-state index contributed by atoms with van der Waals surface area (Å²) in [5.74, 6) is 0.757. The molecule has 0 unspecified atom stereocenters. The van der Waals surface area contributed by atoms with Crippen molar-refractivity contribution in [2.24, 2.45) is 5.10 Å². The van der Waals surface area contributed by atoms with Gasteiger partial charge < -0.3 is 24.3 Å². The van der Waals surface area contributed by atoms with Crippen LogP contribution in [0.25, 0.3) is 0 Å². The van der Waals surface area contributed by atoms with Crippen molar-refractivity contribution in [1.82, 2.24) is 10.7 Å². The number of carbonyl (C=O) groups is 1. The van der Waals surface area contributed by atoms with Crippen molar-refractivity contribution >= 4 is 12.2 Å². The fraction of sp³-hybridized carbons (Fsp3) is 0.579. The van der Waals surface area contributed by atoms with E-state index in [1.807, 2.05) is 38.1 Å². The number of ether oxygens (including phenoxy) is 4. The molecule has 2 amide bonds. The smallest absolute Gasteiger partial charge is 0.335 e. The molecule has 0 fully saturated rings. The molecule has 0 aliphatic rings.